The summed E-state index contributed by atoms with van der Waals surface area (Å²) in [5.41, 5.74) is 3.55. The van der Waals surface area contributed by atoms with E-state index < -0.39 is 0 Å². The van der Waals surface area contributed by atoms with Gasteiger partial charge in [0.2, 0.25) is 5.91 Å². The van der Waals surface area contributed by atoms with Gasteiger partial charge in [0.25, 0.3) is 0 Å². The zero-order valence-electron chi connectivity index (χ0n) is 17.0. The van der Waals surface area contributed by atoms with Crippen molar-refractivity contribution in [3.63, 3.8) is 0 Å². The van der Waals surface area contributed by atoms with Crippen molar-refractivity contribution in [2.45, 2.75) is 38.0 Å². The highest BCUT2D eigenvalue weighted by atomic mass is 19.1. The Balaban J connectivity index is 1.42. The van der Waals surface area contributed by atoms with Crippen molar-refractivity contribution < 1.29 is 9.18 Å². The fourth-order valence-corrected chi connectivity index (χ4v) is 4.18. The summed E-state index contributed by atoms with van der Waals surface area (Å²) in [6.07, 6.45) is 7.53. The van der Waals surface area contributed by atoms with Gasteiger partial charge in [0, 0.05) is 43.4 Å². The number of halogens is 1. The van der Waals surface area contributed by atoms with E-state index in [1.807, 2.05) is 29.2 Å². The van der Waals surface area contributed by atoms with Crippen molar-refractivity contribution >= 4 is 5.91 Å². The van der Waals surface area contributed by atoms with Gasteiger partial charge in [0.15, 0.2) is 0 Å². The number of carbonyl (C=O) groups excluding carboxylic acids is 1. The lowest BCUT2D eigenvalue weighted by Crippen LogP contribution is -2.39. The highest BCUT2D eigenvalue weighted by Gasteiger charge is 2.27. The summed E-state index contributed by atoms with van der Waals surface area (Å²) < 4.78 is 13.7. The van der Waals surface area contributed by atoms with Crippen LogP contribution in [0.2, 0.25) is 0 Å². The molecule has 0 radical (unpaired) electrons. The van der Waals surface area contributed by atoms with Crippen LogP contribution < -0.4 is 0 Å². The van der Waals surface area contributed by atoms with Crippen LogP contribution in [-0.2, 0) is 11.2 Å². The lowest BCUT2D eigenvalue weighted by atomic mass is 9.91. The van der Waals surface area contributed by atoms with E-state index in [4.69, 9.17) is 0 Å². The number of likely N-dealkylation sites (tertiary alicyclic amines) is 1. The van der Waals surface area contributed by atoms with Gasteiger partial charge in [0.1, 0.15) is 5.82 Å². The zero-order valence-corrected chi connectivity index (χ0v) is 17.0. The van der Waals surface area contributed by atoms with E-state index in [0.717, 1.165) is 43.5 Å². The second-order valence-corrected chi connectivity index (χ2v) is 7.82. The number of hydrogen-bond donors (Lipinski definition) is 0. The SMILES string of the molecule is O=C(CCCc1ccccc1)N1CCC[C@@H](c2nccnc2-c2cccc(F)c2)C1. The minimum Gasteiger partial charge on any atom is -0.342 e. The Morgan fingerprint density at radius 2 is 1.90 bits per heavy atom. The molecule has 0 N–H and O–H groups in total. The van der Waals surface area contributed by atoms with Gasteiger partial charge in [-0.15, -0.1) is 0 Å². The number of nitrogens with zero attached hydrogens (tertiary/aromatic N) is 3. The molecule has 1 aliphatic heterocycles. The molecule has 0 saturated carbocycles. The third-order valence-corrected chi connectivity index (χ3v) is 5.68. The normalized spacial score (nSPS) is 16.4. The van der Waals surface area contributed by atoms with Crippen LogP contribution >= 0.6 is 0 Å². The van der Waals surface area contributed by atoms with E-state index in [1.54, 1.807) is 18.5 Å². The van der Waals surface area contributed by atoms with Crippen LogP contribution in [0, 0.1) is 5.82 Å². The van der Waals surface area contributed by atoms with E-state index in [9.17, 15) is 9.18 Å². The van der Waals surface area contributed by atoms with Crippen molar-refractivity contribution in [3.8, 4) is 11.3 Å². The number of aromatic nitrogens is 2. The predicted octanol–water partition coefficient (Wildman–Crippen LogP) is 5.01. The number of amides is 1. The fraction of sp³-hybridized carbons (Fsp3) is 0.320. The Kier molecular flexibility index (Phi) is 6.47. The Hall–Kier alpha value is -3.08. The molecule has 0 aliphatic carbocycles. The smallest absolute Gasteiger partial charge is 0.222 e. The monoisotopic (exact) mass is 403 g/mol. The predicted molar refractivity (Wildman–Crippen MR) is 115 cm³/mol. The topological polar surface area (TPSA) is 46.1 Å². The van der Waals surface area contributed by atoms with Crippen LogP contribution in [0.4, 0.5) is 4.39 Å². The van der Waals surface area contributed by atoms with E-state index in [2.05, 4.69) is 22.1 Å². The Bertz CT molecular complexity index is 992. The standard InChI is InChI=1S/C25H26FN3O/c26-22-12-5-10-20(17-22)24-25(28-15-14-27-24)21-11-6-16-29(18-21)23(30)13-4-9-19-7-2-1-3-8-19/h1-3,5,7-8,10,12,14-15,17,21H,4,6,9,11,13,16,18H2/t21-/m1/s1. The summed E-state index contributed by atoms with van der Waals surface area (Å²) >= 11 is 0. The summed E-state index contributed by atoms with van der Waals surface area (Å²) in [4.78, 5) is 23.8. The first kappa shape index (κ1) is 20.2. The van der Waals surface area contributed by atoms with Crippen molar-refractivity contribution in [1.29, 1.82) is 0 Å². The molecule has 3 aromatic rings. The van der Waals surface area contributed by atoms with Gasteiger partial charge in [0.05, 0.1) is 11.4 Å². The number of carbonyl (C=O) groups is 1. The zero-order chi connectivity index (χ0) is 20.8. The molecule has 5 heteroatoms. The molecule has 1 aliphatic rings. The van der Waals surface area contributed by atoms with Crippen molar-refractivity contribution in [2.75, 3.05) is 13.1 Å². The van der Waals surface area contributed by atoms with Gasteiger partial charge in [-0.1, -0.05) is 42.5 Å². The van der Waals surface area contributed by atoms with E-state index in [-0.39, 0.29) is 17.6 Å². The van der Waals surface area contributed by atoms with Gasteiger partial charge in [-0.2, -0.15) is 0 Å². The molecule has 0 bridgehead atoms. The minimum atomic E-state index is -0.289. The molecule has 1 aromatic heterocycles. The molecule has 4 nitrogen and oxygen atoms in total. The third-order valence-electron chi connectivity index (χ3n) is 5.68. The highest BCUT2D eigenvalue weighted by molar-refractivity contribution is 5.76. The Morgan fingerprint density at radius 1 is 1.07 bits per heavy atom. The van der Waals surface area contributed by atoms with Crippen molar-refractivity contribution in [2.24, 2.45) is 0 Å². The number of benzene rings is 2. The van der Waals surface area contributed by atoms with Gasteiger partial charge >= 0.3 is 0 Å². The molecule has 30 heavy (non-hydrogen) atoms. The van der Waals surface area contributed by atoms with Crippen LogP contribution in [0.3, 0.4) is 0 Å². The average molecular weight is 404 g/mol. The summed E-state index contributed by atoms with van der Waals surface area (Å²) in [5, 5.41) is 0. The molecule has 1 fully saturated rings. The van der Waals surface area contributed by atoms with Gasteiger partial charge in [-0.25, -0.2) is 4.39 Å². The second kappa shape index (κ2) is 9.61. The first-order valence-corrected chi connectivity index (χ1v) is 10.6. The molecular formula is C25H26FN3O. The molecule has 1 atom stereocenters. The second-order valence-electron chi connectivity index (χ2n) is 7.82. The summed E-state index contributed by atoms with van der Waals surface area (Å²) in [6, 6.07) is 16.7. The maximum atomic E-state index is 13.7. The quantitative estimate of drug-likeness (QED) is 0.581. The van der Waals surface area contributed by atoms with Crippen LogP contribution in [0.1, 0.15) is 42.9 Å². The Labute approximate surface area is 176 Å². The first-order chi connectivity index (χ1) is 14.7. The summed E-state index contributed by atoms with van der Waals surface area (Å²) in [5.74, 6) is 0.0265. The van der Waals surface area contributed by atoms with Crippen LogP contribution in [0.5, 0.6) is 0 Å². The number of rotatable bonds is 6. The molecular weight excluding hydrogens is 377 g/mol. The van der Waals surface area contributed by atoms with E-state index in [1.165, 1.54) is 17.7 Å². The highest BCUT2D eigenvalue weighted by Crippen LogP contribution is 2.32. The average Bonchev–Trinajstić information content (AvgIpc) is 2.80. The van der Waals surface area contributed by atoms with Gasteiger partial charge < -0.3 is 4.90 Å². The maximum absolute atomic E-state index is 13.7. The summed E-state index contributed by atoms with van der Waals surface area (Å²) in [6.45, 7) is 1.43. The Morgan fingerprint density at radius 3 is 2.73 bits per heavy atom. The number of hydrogen-bond acceptors (Lipinski definition) is 3. The fourth-order valence-electron chi connectivity index (χ4n) is 4.18. The number of aryl methyl sites for hydroxylation is 1. The van der Waals surface area contributed by atoms with Crippen molar-refractivity contribution in [3.05, 3.63) is 84.1 Å². The first-order valence-electron chi connectivity index (χ1n) is 10.6. The molecule has 1 saturated heterocycles. The molecule has 0 unspecified atom stereocenters. The maximum Gasteiger partial charge on any atom is 0.222 e. The largest absolute Gasteiger partial charge is 0.342 e. The lowest BCUT2D eigenvalue weighted by molar-refractivity contribution is -0.132. The van der Waals surface area contributed by atoms with E-state index in [0.29, 0.717) is 18.7 Å². The number of piperidine rings is 1. The van der Waals surface area contributed by atoms with Crippen LogP contribution in [0.15, 0.2) is 67.0 Å². The van der Waals surface area contributed by atoms with Gasteiger partial charge in [-0.05, 0) is 43.4 Å². The lowest BCUT2D eigenvalue weighted by Gasteiger charge is -2.33. The van der Waals surface area contributed by atoms with Crippen LogP contribution in [-0.4, -0.2) is 33.9 Å². The molecule has 4 rings (SSSR count). The van der Waals surface area contributed by atoms with Gasteiger partial charge in [-0.3, -0.25) is 14.8 Å². The molecule has 154 valence electrons. The third kappa shape index (κ3) is 4.90. The molecule has 1 amide bonds. The van der Waals surface area contributed by atoms with Crippen LogP contribution in [0.25, 0.3) is 11.3 Å². The molecule has 2 heterocycles. The minimum absolute atomic E-state index is 0.115. The van der Waals surface area contributed by atoms with E-state index >= 15 is 0 Å². The van der Waals surface area contributed by atoms with Crippen molar-refractivity contribution in [1.82, 2.24) is 14.9 Å². The summed E-state index contributed by atoms with van der Waals surface area (Å²) in [7, 11) is 0. The molecule has 2 aromatic carbocycles. The molecule has 0 spiro atoms.